The van der Waals surface area contributed by atoms with E-state index in [1.54, 1.807) is 53.5 Å². The van der Waals surface area contributed by atoms with Gasteiger partial charge in [-0.15, -0.1) is 0 Å². The summed E-state index contributed by atoms with van der Waals surface area (Å²) in [5.41, 5.74) is 7.63. The van der Waals surface area contributed by atoms with E-state index in [4.69, 9.17) is 24.7 Å². The van der Waals surface area contributed by atoms with E-state index in [0.717, 1.165) is 16.3 Å². The highest BCUT2D eigenvalue weighted by molar-refractivity contribution is 6.10. The molecule has 0 aliphatic heterocycles. The number of ether oxygens (including phenoxy) is 4. The number of carbonyl (C=O) groups is 1. The van der Waals surface area contributed by atoms with Crippen molar-refractivity contribution in [2.75, 3.05) is 33.2 Å². The van der Waals surface area contributed by atoms with Crippen molar-refractivity contribution in [2.45, 2.75) is 32.4 Å². The smallest absolute Gasteiger partial charge is 0.408 e. The lowest BCUT2D eigenvalue weighted by Gasteiger charge is -2.22. The summed E-state index contributed by atoms with van der Waals surface area (Å²) >= 11 is 0. The average Bonchev–Trinajstić information content (AvgIpc) is 2.89. The molecule has 0 aliphatic carbocycles. The number of pyridine rings is 3. The Balaban J connectivity index is 1.62. The second-order valence-corrected chi connectivity index (χ2v) is 9.58. The Morgan fingerprint density at radius 2 is 1.76 bits per heavy atom. The van der Waals surface area contributed by atoms with Gasteiger partial charge >= 0.3 is 6.09 Å². The van der Waals surface area contributed by atoms with Crippen molar-refractivity contribution < 1.29 is 28.8 Å². The zero-order valence-corrected chi connectivity index (χ0v) is 21.9. The van der Waals surface area contributed by atoms with Gasteiger partial charge in [0, 0.05) is 34.8 Å². The van der Waals surface area contributed by atoms with Crippen LogP contribution in [0.25, 0.3) is 32.9 Å². The number of methoxy groups -OCH3 is 2. The number of alkyl carbamates (subject to hydrolysis) is 1. The van der Waals surface area contributed by atoms with Crippen LogP contribution in [0.3, 0.4) is 0 Å². The van der Waals surface area contributed by atoms with E-state index in [2.05, 4.69) is 20.3 Å². The summed E-state index contributed by atoms with van der Waals surface area (Å²) < 4.78 is 21.9. The van der Waals surface area contributed by atoms with Gasteiger partial charge in [0.25, 0.3) is 0 Å². The predicted molar refractivity (Wildman–Crippen MR) is 144 cm³/mol. The molecule has 3 heterocycles. The molecule has 200 valence electrons. The van der Waals surface area contributed by atoms with Gasteiger partial charge in [-0.3, -0.25) is 9.97 Å². The number of aliphatic hydroxyl groups is 1. The number of hydrogen-bond acceptors (Lipinski definition) is 10. The number of nitrogens with zero attached hydrogens (tertiary/aromatic N) is 3. The van der Waals surface area contributed by atoms with E-state index < -0.39 is 17.7 Å². The van der Waals surface area contributed by atoms with Crippen LogP contribution in [0.4, 0.5) is 10.6 Å². The maximum atomic E-state index is 12.0. The fraction of sp³-hybridized carbons (Fsp3) is 0.333. The van der Waals surface area contributed by atoms with Crippen LogP contribution in [-0.2, 0) is 4.74 Å². The van der Waals surface area contributed by atoms with Crippen LogP contribution in [0.5, 0.6) is 17.2 Å². The molecule has 38 heavy (non-hydrogen) atoms. The molecule has 0 bridgehead atoms. The van der Waals surface area contributed by atoms with Gasteiger partial charge in [0.1, 0.15) is 23.8 Å². The van der Waals surface area contributed by atoms with E-state index >= 15 is 0 Å². The maximum absolute atomic E-state index is 12.0. The molecule has 11 nitrogen and oxygen atoms in total. The number of nitrogens with two attached hydrogens (primary N) is 1. The zero-order valence-electron chi connectivity index (χ0n) is 21.9. The predicted octanol–water partition coefficient (Wildman–Crippen LogP) is 3.71. The number of nitrogens with one attached hydrogen (secondary N) is 1. The Kier molecular flexibility index (Phi) is 7.67. The molecule has 0 fully saturated rings. The molecular weight excluding hydrogens is 490 g/mol. The second-order valence-electron chi connectivity index (χ2n) is 9.58. The average molecular weight is 522 g/mol. The quantitative estimate of drug-likeness (QED) is 0.293. The van der Waals surface area contributed by atoms with E-state index in [0.29, 0.717) is 39.7 Å². The van der Waals surface area contributed by atoms with Crippen LogP contribution in [-0.4, -0.2) is 65.2 Å². The van der Waals surface area contributed by atoms with Crippen LogP contribution >= 0.6 is 0 Å². The first-order chi connectivity index (χ1) is 18.1. The van der Waals surface area contributed by atoms with E-state index in [1.165, 1.54) is 6.20 Å². The third-order valence-corrected chi connectivity index (χ3v) is 5.61. The van der Waals surface area contributed by atoms with E-state index in [9.17, 15) is 9.90 Å². The highest BCUT2D eigenvalue weighted by Crippen LogP contribution is 2.37. The van der Waals surface area contributed by atoms with Crippen LogP contribution < -0.4 is 25.3 Å². The molecule has 1 amide bonds. The van der Waals surface area contributed by atoms with Gasteiger partial charge in [-0.25, -0.2) is 9.78 Å². The first kappa shape index (κ1) is 26.7. The van der Waals surface area contributed by atoms with Crippen LogP contribution in [0.2, 0.25) is 0 Å². The Hall–Kier alpha value is -4.38. The molecule has 0 saturated carbocycles. The van der Waals surface area contributed by atoms with Crippen molar-refractivity contribution in [1.82, 2.24) is 20.3 Å². The minimum absolute atomic E-state index is 0.00605. The second kappa shape index (κ2) is 10.9. The van der Waals surface area contributed by atoms with Gasteiger partial charge in [-0.2, -0.15) is 0 Å². The van der Waals surface area contributed by atoms with Gasteiger partial charge in [0.05, 0.1) is 44.3 Å². The molecule has 11 heteroatoms. The molecular formula is C27H31N5O6. The highest BCUT2D eigenvalue weighted by Gasteiger charge is 2.20. The van der Waals surface area contributed by atoms with Gasteiger partial charge in [-0.05, 0) is 44.4 Å². The first-order valence-electron chi connectivity index (χ1n) is 11.9. The fourth-order valence-corrected chi connectivity index (χ4v) is 3.85. The molecule has 0 unspecified atom stereocenters. The lowest BCUT2D eigenvalue weighted by Crippen LogP contribution is -2.44. The molecule has 4 N–H and O–H groups in total. The largest absolute Gasteiger partial charge is 0.493 e. The van der Waals surface area contributed by atoms with Crippen LogP contribution in [0.15, 0.2) is 42.9 Å². The number of aromatic nitrogens is 3. The topological polar surface area (TPSA) is 151 Å². The summed E-state index contributed by atoms with van der Waals surface area (Å²) in [5.74, 6) is 1.89. The SMILES string of the molecule is COc1cc2ncc3c(N)nc(-c4cncc(OC[C@@H](CO)NC(=O)OC(C)(C)C)c4)cc3c2cc1OC. The van der Waals surface area contributed by atoms with Crippen molar-refractivity contribution in [2.24, 2.45) is 0 Å². The monoisotopic (exact) mass is 521 g/mol. The van der Waals surface area contributed by atoms with E-state index in [1.807, 2.05) is 18.2 Å². The summed E-state index contributed by atoms with van der Waals surface area (Å²) in [7, 11) is 3.15. The summed E-state index contributed by atoms with van der Waals surface area (Å²) in [5, 5.41) is 14.6. The summed E-state index contributed by atoms with van der Waals surface area (Å²) in [6, 6.07) is 6.66. The number of carbonyl (C=O) groups excluding carboxylic acids is 1. The Morgan fingerprint density at radius 1 is 1.03 bits per heavy atom. The van der Waals surface area contributed by atoms with E-state index in [-0.39, 0.29) is 13.2 Å². The van der Waals surface area contributed by atoms with Crippen LogP contribution in [0.1, 0.15) is 20.8 Å². The summed E-state index contributed by atoms with van der Waals surface area (Å²) in [6.45, 7) is 4.95. The minimum atomic E-state index is -0.672. The Morgan fingerprint density at radius 3 is 2.45 bits per heavy atom. The number of hydrogen-bond donors (Lipinski definition) is 3. The fourth-order valence-electron chi connectivity index (χ4n) is 3.85. The first-order valence-corrected chi connectivity index (χ1v) is 11.9. The number of anilines is 1. The standard InChI is InChI=1S/C27H31N5O6/c1-27(2,3)38-26(34)31-16(13-33)14-37-17-6-15(10-29-11-17)21-7-18-19-8-23(35-4)24(36-5)9-22(19)30-12-20(18)25(28)32-21/h6-12,16,33H,13-14H2,1-5H3,(H2,28,32)(H,31,34)/t16-/m1/s1. The summed E-state index contributed by atoms with van der Waals surface area (Å²) in [4.78, 5) is 25.4. The molecule has 3 aromatic heterocycles. The highest BCUT2D eigenvalue weighted by atomic mass is 16.6. The van der Waals surface area contributed by atoms with Crippen molar-refractivity contribution in [3.8, 4) is 28.5 Å². The Labute approximate surface area is 219 Å². The van der Waals surface area contributed by atoms with Crippen molar-refractivity contribution in [3.63, 3.8) is 0 Å². The molecule has 0 aliphatic rings. The molecule has 4 aromatic rings. The molecule has 0 spiro atoms. The van der Waals surface area contributed by atoms with Gasteiger partial charge in [-0.1, -0.05) is 0 Å². The molecule has 4 rings (SSSR count). The molecule has 1 aromatic carbocycles. The molecule has 1 atom stereocenters. The number of fused-ring (bicyclic) bond motifs is 3. The normalized spacial score (nSPS) is 12.3. The lowest BCUT2D eigenvalue weighted by molar-refractivity contribution is 0.0458. The zero-order chi connectivity index (χ0) is 27.4. The molecule has 0 saturated heterocycles. The number of aliphatic hydroxyl groups excluding tert-OH is 1. The lowest BCUT2D eigenvalue weighted by atomic mass is 10.0. The number of nitrogen functional groups attached to an aromatic ring is 1. The van der Waals surface area contributed by atoms with Gasteiger partial charge in [0.15, 0.2) is 11.5 Å². The van der Waals surface area contributed by atoms with Crippen molar-refractivity contribution in [1.29, 1.82) is 0 Å². The third-order valence-electron chi connectivity index (χ3n) is 5.61. The number of benzene rings is 1. The summed E-state index contributed by atoms with van der Waals surface area (Å²) in [6.07, 6.45) is 4.22. The van der Waals surface area contributed by atoms with Gasteiger partial charge in [0.2, 0.25) is 0 Å². The minimum Gasteiger partial charge on any atom is -0.493 e. The van der Waals surface area contributed by atoms with Crippen LogP contribution in [0, 0.1) is 0 Å². The molecule has 0 radical (unpaired) electrons. The number of rotatable bonds is 8. The Bertz CT molecular complexity index is 1470. The third kappa shape index (κ3) is 5.94. The van der Waals surface area contributed by atoms with Crippen molar-refractivity contribution >= 4 is 33.6 Å². The maximum Gasteiger partial charge on any atom is 0.408 e. The number of amides is 1. The van der Waals surface area contributed by atoms with Gasteiger partial charge < -0.3 is 35.1 Å². The van der Waals surface area contributed by atoms with Crippen molar-refractivity contribution in [3.05, 3.63) is 42.9 Å².